The van der Waals surface area contributed by atoms with Gasteiger partial charge in [-0.25, -0.2) is 0 Å². The molecule has 1 aromatic carbocycles. The Balaban J connectivity index is 0.00000225. The Hall–Kier alpha value is -1.82. The quantitative estimate of drug-likeness (QED) is 0.853. The second kappa shape index (κ2) is 8.04. The molecule has 2 aromatic rings. The van der Waals surface area contributed by atoms with E-state index >= 15 is 0 Å². The highest BCUT2D eigenvalue weighted by Crippen LogP contribution is 2.28. The first-order valence-electron chi connectivity index (χ1n) is 8.02. The molecule has 1 aromatic heterocycles. The van der Waals surface area contributed by atoms with E-state index in [4.69, 9.17) is 17.3 Å². The van der Waals surface area contributed by atoms with Crippen LogP contribution in [0.3, 0.4) is 0 Å². The van der Waals surface area contributed by atoms with Gasteiger partial charge in [-0.05, 0) is 30.5 Å². The zero-order valence-electron chi connectivity index (χ0n) is 13.7. The number of carbonyl (C=O) groups is 1. The number of amides is 1. The highest BCUT2D eigenvalue weighted by atomic mass is 35.5. The maximum absolute atomic E-state index is 12.4. The predicted molar refractivity (Wildman–Crippen MR) is 103 cm³/mol. The smallest absolute Gasteiger partial charge is 0.250 e. The second-order valence-electron chi connectivity index (χ2n) is 6.29. The maximum atomic E-state index is 12.4. The molecule has 0 atom stereocenters. The largest absolute Gasteiger partial charge is 0.323 e. The van der Waals surface area contributed by atoms with Crippen LogP contribution in [0, 0.1) is 0 Å². The molecular formula is C18H21Cl2N3O2. The SMILES string of the molecule is Cl.NC1(C(=O)Nc2ccc(=O)n(Cc3ccccc3Cl)c2)CCCC1. The van der Waals surface area contributed by atoms with Crippen molar-refractivity contribution in [3.8, 4) is 0 Å². The third-order valence-electron chi connectivity index (χ3n) is 4.49. The fourth-order valence-corrected chi connectivity index (χ4v) is 3.22. The Kier molecular flexibility index (Phi) is 6.27. The second-order valence-corrected chi connectivity index (χ2v) is 6.70. The summed E-state index contributed by atoms with van der Waals surface area (Å²) in [4.78, 5) is 24.5. The summed E-state index contributed by atoms with van der Waals surface area (Å²) in [5.41, 5.74) is 6.61. The summed E-state index contributed by atoms with van der Waals surface area (Å²) in [6.07, 6.45) is 4.95. The van der Waals surface area contributed by atoms with Crippen molar-refractivity contribution in [3.63, 3.8) is 0 Å². The van der Waals surface area contributed by atoms with Crippen LogP contribution >= 0.6 is 24.0 Å². The summed E-state index contributed by atoms with van der Waals surface area (Å²) in [6.45, 7) is 0.343. The molecule has 3 rings (SSSR count). The van der Waals surface area contributed by atoms with Crippen molar-refractivity contribution in [2.24, 2.45) is 5.73 Å². The molecule has 1 aliphatic carbocycles. The van der Waals surface area contributed by atoms with Crippen molar-refractivity contribution in [2.75, 3.05) is 5.32 Å². The van der Waals surface area contributed by atoms with E-state index in [1.165, 1.54) is 10.6 Å². The van der Waals surface area contributed by atoms with Crippen molar-refractivity contribution in [3.05, 3.63) is 63.5 Å². The molecule has 25 heavy (non-hydrogen) atoms. The molecule has 0 unspecified atom stereocenters. The number of nitrogens with one attached hydrogen (secondary N) is 1. The van der Waals surface area contributed by atoms with Crippen molar-refractivity contribution in [1.82, 2.24) is 4.57 Å². The number of hydrogen-bond donors (Lipinski definition) is 2. The van der Waals surface area contributed by atoms with Crippen LogP contribution in [0.25, 0.3) is 0 Å². The van der Waals surface area contributed by atoms with Crippen LogP contribution in [0.5, 0.6) is 0 Å². The summed E-state index contributed by atoms with van der Waals surface area (Å²) in [5, 5.41) is 3.44. The fourth-order valence-electron chi connectivity index (χ4n) is 3.03. The lowest BCUT2D eigenvalue weighted by Gasteiger charge is -2.22. The lowest BCUT2D eigenvalue weighted by molar-refractivity contribution is -0.121. The Morgan fingerprint density at radius 2 is 1.88 bits per heavy atom. The minimum Gasteiger partial charge on any atom is -0.323 e. The molecule has 1 saturated carbocycles. The van der Waals surface area contributed by atoms with Crippen LogP contribution in [0.1, 0.15) is 31.2 Å². The monoisotopic (exact) mass is 381 g/mol. The fraction of sp³-hybridized carbons (Fsp3) is 0.333. The van der Waals surface area contributed by atoms with Gasteiger partial charge in [-0.2, -0.15) is 0 Å². The molecule has 3 N–H and O–H groups in total. The summed E-state index contributed by atoms with van der Waals surface area (Å²) in [5.74, 6) is -0.192. The predicted octanol–water partition coefficient (Wildman–Crippen LogP) is 3.18. The van der Waals surface area contributed by atoms with E-state index in [0.717, 1.165) is 18.4 Å². The molecular weight excluding hydrogens is 361 g/mol. The first kappa shape index (κ1) is 19.5. The van der Waals surface area contributed by atoms with E-state index in [9.17, 15) is 9.59 Å². The third-order valence-corrected chi connectivity index (χ3v) is 4.86. The molecule has 1 aliphatic rings. The van der Waals surface area contributed by atoms with Crippen LogP contribution < -0.4 is 16.6 Å². The van der Waals surface area contributed by atoms with Gasteiger partial charge in [0.05, 0.1) is 17.8 Å². The summed E-state index contributed by atoms with van der Waals surface area (Å²) in [7, 11) is 0. The number of halogens is 2. The van der Waals surface area contributed by atoms with E-state index in [1.54, 1.807) is 18.3 Å². The topological polar surface area (TPSA) is 77.1 Å². The number of nitrogens with two attached hydrogens (primary N) is 1. The molecule has 0 aliphatic heterocycles. The summed E-state index contributed by atoms with van der Waals surface area (Å²) in [6, 6.07) is 10.4. The average Bonchev–Trinajstić information content (AvgIpc) is 3.01. The van der Waals surface area contributed by atoms with Crippen LogP contribution in [-0.2, 0) is 11.3 Å². The van der Waals surface area contributed by atoms with Crippen molar-refractivity contribution in [2.45, 2.75) is 37.8 Å². The highest BCUT2D eigenvalue weighted by Gasteiger charge is 2.36. The minimum atomic E-state index is -0.802. The number of benzene rings is 1. The van der Waals surface area contributed by atoms with E-state index in [1.807, 2.05) is 18.2 Å². The van der Waals surface area contributed by atoms with E-state index in [-0.39, 0.29) is 23.9 Å². The van der Waals surface area contributed by atoms with Gasteiger partial charge in [0.15, 0.2) is 0 Å². The minimum absolute atomic E-state index is 0. The average molecular weight is 382 g/mol. The van der Waals surface area contributed by atoms with Gasteiger partial charge in [-0.3, -0.25) is 9.59 Å². The maximum Gasteiger partial charge on any atom is 0.250 e. The summed E-state index contributed by atoms with van der Waals surface area (Å²) < 4.78 is 1.52. The summed E-state index contributed by atoms with van der Waals surface area (Å²) >= 11 is 6.15. The molecule has 1 fully saturated rings. The van der Waals surface area contributed by atoms with Crippen molar-refractivity contribution >= 4 is 35.6 Å². The first-order valence-corrected chi connectivity index (χ1v) is 8.40. The number of anilines is 1. The lowest BCUT2D eigenvalue weighted by atomic mass is 9.98. The zero-order valence-corrected chi connectivity index (χ0v) is 15.3. The Labute approximate surface area is 157 Å². The van der Waals surface area contributed by atoms with Crippen LogP contribution in [0.15, 0.2) is 47.4 Å². The number of carbonyl (C=O) groups excluding carboxylic acids is 1. The molecule has 0 spiro atoms. The molecule has 134 valence electrons. The highest BCUT2D eigenvalue weighted by molar-refractivity contribution is 6.31. The molecule has 0 saturated heterocycles. The molecule has 5 nitrogen and oxygen atoms in total. The zero-order chi connectivity index (χ0) is 17.2. The van der Waals surface area contributed by atoms with Gasteiger partial charge in [0.1, 0.15) is 0 Å². The number of rotatable bonds is 4. The van der Waals surface area contributed by atoms with E-state index in [0.29, 0.717) is 30.1 Å². The van der Waals surface area contributed by atoms with Crippen LogP contribution in [0.4, 0.5) is 5.69 Å². The number of aromatic nitrogens is 1. The van der Waals surface area contributed by atoms with Crippen LogP contribution in [-0.4, -0.2) is 16.0 Å². The molecule has 0 radical (unpaired) electrons. The Morgan fingerprint density at radius 1 is 1.20 bits per heavy atom. The van der Waals surface area contributed by atoms with Gasteiger partial charge in [0, 0.05) is 17.3 Å². The molecule has 1 heterocycles. The van der Waals surface area contributed by atoms with Crippen molar-refractivity contribution in [1.29, 1.82) is 0 Å². The normalized spacial score (nSPS) is 15.4. The standard InChI is InChI=1S/C18H20ClN3O2.ClH/c19-15-6-2-1-5-13(15)11-22-12-14(7-8-16(22)23)21-17(24)18(20)9-3-4-10-18;/h1-2,5-8,12H,3-4,9-11,20H2,(H,21,24);1H. The molecule has 0 bridgehead atoms. The van der Waals surface area contributed by atoms with Crippen LogP contribution in [0.2, 0.25) is 5.02 Å². The first-order chi connectivity index (χ1) is 11.5. The molecule has 7 heteroatoms. The van der Waals surface area contributed by atoms with E-state index < -0.39 is 5.54 Å². The van der Waals surface area contributed by atoms with Gasteiger partial charge in [0.25, 0.3) is 5.56 Å². The third kappa shape index (κ3) is 4.42. The lowest BCUT2D eigenvalue weighted by Crippen LogP contribution is -2.48. The van der Waals surface area contributed by atoms with Gasteiger partial charge >= 0.3 is 0 Å². The molecule has 1 amide bonds. The Morgan fingerprint density at radius 3 is 2.56 bits per heavy atom. The number of hydrogen-bond acceptors (Lipinski definition) is 3. The number of pyridine rings is 1. The van der Waals surface area contributed by atoms with E-state index in [2.05, 4.69) is 5.32 Å². The van der Waals surface area contributed by atoms with Gasteiger partial charge in [-0.15, -0.1) is 12.4 Å². The van der Waals surface area contributed by atoms with Gasteiger partial charge in [-0.1, -0.05) is 42.6 Å². The van der Waals surface area contributed by atoms with Gasteiger partial charge in [0.2, 0.25) is 5.91 Å². The Bertz CT molecular complexity index is 814. The number of nitrogens with zero attached hydrogens (tertiary/aromatic N) is 1. The van der Waals surface area contributed by atoms with Gasteiger partial charge < -0.3 is 15.6 Å². The van der Waals surface area contributed by atoms with Crippen molar-refractivity contribution < 1.29 is 4.79 Å².